The summed E-state index contributed by atoms with van der Waals surface area (Å²) in [6, 6.07) is 16.0. The Kier molecular flexibility index (Phi) is 5.27. The van der Waals surface area contributed by atoms with E-state index in [-0.39, 0.29) is 5.91 Å². The number of carbonyl (C=O) groups is 1. The van der Waals surface area contributed by atoms with Crippen LogP contribution in [-0.2, 0) is 4.79 Å². The van der Waals surface area contributed by atoms with Gasteiger partial charge in [-0.3, -0.25) is 14.8 Å². The second-order valence-corrected chi connectivity index (χ2v) is 7.42. The molecule has 5 rings (SSSR count). The van der Waals surface area contributed by atoms with Gasteiger partial charge in [-0.2, -0.15) is 4.98 Å². The molecule has 1 amide bonds. The van der Waals surface area contributed by atoms with Crippen molar-refractivity contribution in [2.75, 3.05) is 17.7 Å². The lowest BCUT2D eigenvalue weighted by Gasteiger charge is -2.28. The van der Waals surface area contributed by atoms with Gasteiger partial charge in [-0.05, 0) is 43.3 Å². The minimum Gasteiger partial charge on any atom is -0.495 e. The number of aromatic nitrogens is 5. The van der Waals surface area contributed by atoms with Crippen molar-refractivity contribution in [3.8, 4) is 17.1 Å². The Hall–Kier alpha value is -4.53. The summed E-state index contributed by atoms with van der Waals surface area (Å²) >= 11 is 0. The fraction of sp³-hybridized carbons (Fsp3) is 0.125. The number of hydrogen-bond donors (Lipinski definition) is 2. The maximum atomic E-state index is 13.6. The summed E-state index contributed by atoms with van der Waals surface area (Å²) in [5, 5.41) is 10.9. The van der Waals surface area contributed by atoms with Gasteiger partial charge in [-0.1, -0.05) is 18.2 Å². The molecule has 0 saturated heterocycles. The van der Waals surface area contributed by atoms with Crippen LogP contribution in [0.4, 0.5) is 11.6 Å². The van der Waals surface area contributed by atoms with E-state index in [1.807, 2.05) is 49.4 Å². The van der Waals surface area contributed by atoms with Crippen molar-refractivity contribution in [2.24, 2.45) is 0 Å². The molecule has 3 aromatic heterocycles. The van der Waals surface area contributed by atoms with Crippen molar-refractivity contribution in [1.82, 2.24) is 24.7 Å². The smallest absolute Gasteiger partial charge is 0.256 e. The molecule has 1 aliphatic heterocycles. The Balaban J connectivity index is 1.59. The highest BCUT2D eigenvalue weighted by Crippen LogP contribution is 2.36. The Labute approximate surface area is 190 Å². The van der Waals surface area contributed by atoms with Gasteiger partial charge in [-0.15, -0.1) is 5.10 Å². The minimum atomic E-state index is -0.574. The van der Waals surface area contributed by atoms with Gasteiger partial charge in [0.2, 0.25) is 5.95 Å². The van der Waals surface area contributed by atoms with E-state index in [0.717, 1.165) is 5.56 Å². The summed E-state index contributed by atoms with van der Waals surface area (Å²) in [7, 11) is 1.57. The molecule has 33 heavy (non-hydrogen) atoms. The lowest BCUT2D eigenvalue weighted by Crippen LogP contribution is -2.32. The summed E-state index contributed by atoms with van der Waals surface area (Å²) in [6.45, 7) is 1.84. The molecule has 0 unspecified atom stereocenters. The summed E-state index contributed by atoms with van der Waals surface area (Å²) < 4.78 is 7.08. The van der Waals surface area contributed by atoms with Gasteiger partial charge < -0.3 is 15.4 Å². The van der Waals surface area contributed by atoms with Crippen LogP contribution in [0.3, 0.4) is 0 Å². The standard InChI is InChI=1S/C24H21N7O2/c1-15-20(23(32)28-17-9-3-4-11-19(17)33-2)21(18-10-5-6-13-26-18)31-24(27-15)29-22(30-31)16-8-7-12-25-14-16/h3-14,21H,1-2H3,(H,28,32)(H,27,29,30)/t21-/m1/s1. The molecule has 9 heteroatoms. The highest BCUT2D eigenvalue weighted by atomic mass is 16.5. The van der Waals surface area contributed by atoms with Crippen molar-refractivity contribution in [1.29, 1.82) is 0 Å². The zero-order valence-corrected chi connectivity index (χ0v) is 18.1. The van der Waals surface area contributed by atoms with Gasteiger partial charge in [0.05, 0.1) is 24.1 Å². The van der Waals surface area contributed by atoms with E-state index in [4.69, 9.17) is 9.84 Å². The molecule has 1 aromatic carbocycles. The lowest BCUT2D eigenvalue weighted by atomic mass is 9.98. The first-order chi connectivity index (χ1) is 16.2. The zero-order chi connectivity index (χ0) is 22.8. The first-order valence-electron chi connectivity index (χ1n) is 10.4. The van der Waals surface area contributed by atoms with E-state index in [2.05, 4.69) is 25.6 Å². The topological polar surface area (TPSA) is 107 Å². The Morgan fingerprint density at radius 3 is 2.70 bits per heavy atom. The number of fused-ring (bicyclic) bond motifs is 1. The van der Waals surface area contributed by atoms with Gasteiger partial charge in [0.25, 0.3) is 5.91 Å². The molecule has 4 heterocycles. The Bertz CT molecular complexity index is 1330. The number of pyridine rings is 2. The predicted molar refractivity (Wildman–Crippen MR) is 124 cm³/mol. The van der Waals surface area contributed by atoms with Gasteiger partial charge in [0.1, 0.15) is 11.8 Å². The van der Waals surface area contributed by atoms with Crippen LogP contribution in [0, 0.1) is 0 Å². The average molecular weight is 439 g/mol. The summed E-state index contributed by atoms with van der Waals surface area (Å²) in [5.74, 6) is 1.31. The van der Waals surface area contributed by atoms with E-state index in [1.165, 1.54) is 0 Å². The largest absolute Gasteiger partial charge is 0.495 e. The van der Waals surface area contributed by atoms with E-state index < -0.39 is 6.04 Å². The molecule has 0 aliphatic carbocycles. The number of ether oxygens (including phenoxy) is 1. The van der Waals surface area contributed by atoms with Crippen molar-refractivity contribution in [3.63, 3.8) is 0 Å². The summed E-state index contributed by atoms with van der Waals surface area (Å²) in [6.07, 6.45) is 5.09. The molecule has 9 nitrogen and oxygen atoms in total. The number of hydrogen-bond acceptors (Lipinski definition) is 7. The van der Waals surface area contributed by atoms with Crippen LogP contribution in [-0.4, -0.2) is 37.7 Å². The van der Waals surface area contributed by atoms with Crippen LogP contribution in [0.25, 0.3) is 11.4 Å². The van der Waals surface area contributed by atoms with E-state index in [1.54, 1.807) is 42.5 Å². The van der Waals surface area contributed by atoms with E-state index >= 15 is 0 Å². The summed E-state index contributed by atoms with van der Waals surface area (Å²) in [5.41, 5.74) is 3.17. The molecule has 0 spiro atoms. The molecule has 164 valence electrons. The molecular formula is C24H21N7O2. The maximum Gasteiger partial charge on any atom is 0.256 e. The number of allylic oxidation sites excluding steroid dienone is 1. The highest BCUT2D eigenvalue weighted by Gasteiger charge is 2.35. The van der Waals surface area contributed by atoms with Crippen LogP contribution in [0.15, 0.2) is 84.5 Å². The van der Waals surface area contributed by atoms with Crippen LogP contribution in [0.1, 0.15) is 18.7 Å². The minimum absolute atomic E-state index is 0.288. The summed E-state index contributed by atoms with van der Waals surface area (Å²) in [4.78, 5) is 26.9. The molecule has 1 aliphatic rings. The molecule has 0 radical (unpaired) electrons. The second kappa shape index (κ2) is 8.54. The average Bonchev–Trinajstić information content (AvgIpc) is 3.28. The van der Waals surface area contributed by atoms with Gasteiger partial charge in [0, 0.05) is 29.9 Å². The first-order valence-corrected chi connectivity index (χ1v) is 10.4. The maximum absolute atomic E-state index is 13.6. The van der Waals surface area contributed by atoms with E-state index in [0.29, 0.717) is 40.2 Å². The van der Waals surface area contributed by atoms with Crippen molar-refractivity contribution in [2.45, 2.75) is 13.0 Å². The van der Waals surface area contributed by atoms with E-state index in [9.17, 15) is 4.79 Å². The molecule has 0 bridgehead atoms. The number of anilines is 2. The lowest BCUT2D eigenvalue weighted by molar-refractivity contribution is -0.113. The third-order valence-electron chi connectivity index (χ3n) is 5.34. The van der Waals surface area contributed by atoms with Crippen molar-refractivity contribution in [3.05, 3.63) is 90.2 Å². The zero-order valence-electron chi connectivity index (χ0n) is 18.1. The predicted octanol–water partition coefficient (Wildman–Crippen LogP) is 3.67. The third-order valence-corrected chi connectivity index (χ3v) is 5.34. The third kappa shape index (κ3) is 3.80. The number of methoxy groups -OCH3 is 1. The number of rotatable bonds is 5. The number of nitrogens with zero attached hydrogens (tertiary/aromatic N) is 5. The van der Waals surface area contributed by atoms with Crippen molar-refractivity contribution < 1.29 is 9.53 Å². The van der Waals surface area contributed by atoms with Crippen LogP contribution in [0.5, 0.6) is 5.75 Å². The Morgan fingerprint density at radius 2 is 1.94 bits per heavy atom. The highest BCUT2D eigenvalue weighted by molar-refractivity contribution is 6.06. The number of amides is 1. The quantitative estimate of drug-likeness (QED) is 0.489. The van der Waals surface area contributed by atoms with Gasteiger partial charge in [-0.25, -0.2) is 4.68 Å². The van der Waals surface area contributed by atoms with Crippen LogP contribution >= 0.6 is 0 Å². The SMILES string of the molecule is COc1ccccc1NC(=O)C1=C(C)Nc2nc(-c3cccnc3)nn2[C@@H]1c1ccccn1. The number of para-hydroxylation sites is 2. The molecule has 0 saturated carbocycles. The number of nitrogens with one attached hydrogen (secondary N) is 2. The Morgan fingerprint density at radius 1 is 1.09 bits per heavy atom. The second-order valence-electron chi connectivity index (χ2n) is 7.42. The van der Waals surface area contributed by atoms with Crippen LogP contribution in [0.2, 0.25) is 0 Å². The fourth-order valence-corrected chi connectivity index (χ4v) is 3.81. The molecule has 4 aromatic rings. The van der Waals surface area contributed by atoms with Crippen molar-refractivity contribution >= 4 is 17.5 Å². The monoisotopic (exact) mass is 439 g/mol. The first kappa shape index (κ1) is 20.4. The number of benzene rings is 1. The van der Waals surface area contributed by atoms with Crippen LogP contribution < -0.4 is 15.4 Å². The fourth-order valence-electron chi connectivity index (χ4n) is 3.81. The molecule has 0 fully saturated rings. The van der Waals surface area contributed by atoms with Gasteiger partial charge in [0.15, 0.2) is 5.82 Å². The van der Waals surface area contributed by atoms with Gasteiger partial charge >= 0.3 is 0 Å². The normalized spacial score (nSPS) is 14.9. The molecule has 2 N–H and O–H groups in total. The molecular weight excluding hydrogens is 418 g/mol. The number of carbonyl (C=O) groups excluding carboxylic acids is 1. The molecule has 1 atom stereocenters.